The molecule has 3 heterocycles. The number of rotatable bonds is 14. The number of anilines is 1. The Morgan fingerprint density at radius 2 is 1.84 bits per heavy atom. The number of amides is 2. The summed E-state index contributed by atoms with van der Waals surface area (Å²) in [6.07, 6.45) is 4.59. The molecule has 0 radical (unpaired) electrons. The standard InChI is InChI=1S/C33H43N3O7/c1-4-6-13-34(14-7-5-2)30(38)20-35-19-24(23-16-27(41-3)32-28(17-23)42-21-43-32)31(33(39)40)26(35)12-15-36-25-11-9-8-10-22(25)18-29(36)37/h8-11,16-17,24,26,31H,4-7,12-15,18-21H2,1-3H3,(H,39,40)/t24-,26+,31?/m1/s1. The number of carboxylic acid groups (broad SMARTS) is 1. The molecule has 2 aromatic rings. The number of nitrogens with zero attached hydrogens (tertiary/aromatic N) is 3. The van der Waals surface area contributed by atoms with E-state index in [1.54, 1.807) is 12.0 Å². The molecule has 10 heteroatoms. The van der Waals surface area contributed by atoms with E-state index in [9.17, 15) is 19.5 Å². The van der Waals surface area contributed by atoms with E-state index in [-0.39, 0.29) is 25.2 Å². The van der Waals surface area contributed by atoms with Crippen LogP contribution in [0.25, 0.3) is 0 Å². The summed E-state index contributed by atoms with van der Waals surface area (Å²) in [5.41, 5.74) is 2.63. The molecule has 1 saturated heterocycles. The van der Waals surface area contributed by atoms with Gasteiger partial charge in [-0.2, -0.15) is 0 Å². The molecule has 0 aliphatic carbocycles. The molecule has 1 fully saturated rings. The highest BCUT2D eigenvalue weighted by Gasteiger charge is 2.48. The number of carboxylic acids is 1. The molecular weight excluding hydrogens is 550 g/mol. The second-order valence-electron chi connectivity index (χ2n) is 11.7. The molecule has 1 unspecified atom stereocenters. The zero-order valence-corrected chi connectivity index (χ0v) is 25.4. The molecule has 0 bridgehead atoms. The summed E-state index contributed by atoms with van der Waals surface area (Å²) >= 11 is 0. The van der Waals surface area contributed by atoms with Crippen molar-refractivity contribution in [2.24, 2.45) is 5.92 Å². The fourth-order valence-electron chi connectivity index (χ4n) is 6.71. The zero-order valence-electron chi connectivity index (χ0n) is 25.4. The van der Waals surface area contributed by atoms with Crippen LogP contribution in [0.5, 0.6) is 17.2 Å². The Morgan fingerprint density at radius 3 is 2.53 bits per heavy atom. The van der Waals surface area contributed by atoms with E-state index in [4.69, 9.17) is 14.2 Å². The maximum atomic E-state index is 13.7. The van der Waals surface area contributed by atoms with Gasteiger partial charge in [0.15, 0.2) is 11.5 Å². The van der Waals surface area contributed by atoms with Crippen molar-refractivity contribution in [3.05, 3.63) is 47.5 Å². The molecule has 3 atom stereocenters. The van der Waals surface area contributed by atoms with E-state index >= 15 is 0 Å². The van der Waals surface area contributed by atoms with Gasteiger partial charge < -0.3 is 29.1 Å². The van der Waals surface area contributed by atoms with Crippen LogP contribution in [-0.2, 0) is 20.8 Å². The molecule has 43 heavy (non-hydrogen) atoms. The lowest BCUT2D eigenvalue weighted by atomic mass is 9.84. The number of hydrogen-bond donors (Lipinski definition) is 1. The largest absolute Gasteiger partial charge is 0.493 e. The van der Waals surface area contributed by atoms with Crippen LogP contribution in [0.2, 0.25) is 0 Å². The van der Waals surface area contributed by atoms with Gasteiger partial charge in [-0.1, -0.05) is 44.9 Å². The number of ether oxygens (including phenoxy) is 3. The van der Waals surface area contributed by atoms with Crippen LogP contribution in [0.4, 0.5) is 5.69 Å². The van der Waals surface area contributed by atoms with Crippen molar-refractivity contribution in [2.75, 3.05) is 51.5 Å². The fourth-order valence-corrected chi connectivity index (χ4v) is 6.71. The summed E-state index contributed by atoms with van der Waals surface area (Å²) < 4.78 is 16.8. The van der Waals surface area contributed by atoms with Crippen LogP contribution in [0.1, 0.15) is 63.0 Å². The summed E-state index contributed by atoms with van der Waals surface area (Å²) in [5.74, 6) is -0.597. The molecule has 2 amide bonds. The van der Waals surface area contributed by atoms with E-state index in [2.05, 4.69) is 13.8 Å². The maximum Gasteiger partial charge on any atom is 0.308 e. The Hall–Kier alpha value is -3.79. The lowest BCUT2D eigenvalue weighted by Crippen LogP contribution is -2.46. The van der Waals surface area contributed by atoms with Crippen molar-refractivity contribution in [3.63, 3.8) is 0 Å². The Balaban J connectivity index is 1.45. The Morgan fingerprint density at radius 1 is 1.09 bits per heavy atom. The summed E-state index contributed by atoms with van der Waals surface area (Å²) in [6.45, 7) is 6.57. The van der Waals surface area contributed by atoms with Crippen LogP contribution in [0, 0.1) is 5.92 Å². The summed E-state index contributed by atoms with van der Waals surface area (Å²) in [7, 11) is 1.55. The van der Waals surface area contributed by atoms with Gasteiger partial charge >= 0.3 is 5.97 Å². The lowest BCUT2D eigenvalue weighted by molar-refractivity contribution is -0.143. The molecule has 5 rings (SSSR count). The molecule has 2 aromatic carbocycles. The fraction of sp³-hybridized carbons (Fsp3) is 0.545. The third-order valence-electron chi connectivity index (χ3n) is 8.97. The van der Waals surface area contributed by atoms with Gasteiger partial charge in [-0.3, -0.25) is 19.3 Å². The molecule has 3 aliphatic rings. The third-order valence-corrected chi connectivity index (χ3v) is 8.97. The topological polar surface area (TPSA) is 109 Å². The Labute approximate surface area is 253 Å². The first kappa shape index (κ1) is 30.7. The minimum atomic E-state index is -0.927. The maximum absolute atomic E-state index is 13.7. The van der Waals surface area contributed by atoms with E-state index in [1.165, 1.54) is 0 Å². The van der Waals surface area contributed by atoms with Gasteiger partial charge in [-0.15, -0.1) is 0 Å². The molecule has 0 saturated carbocycles. The number of unbranched alkanes of at least 4 members (excludes halogenated alkanes) is 2. The normalized spacial score (nSPS) is 20.9. The van der Waals surface area contributed by atoms with Gasteiger partial charge in [0.2, 0.25) is 24.4 Å². The molecule has 10 nitrogen and oxygen atoms in total. The number of carbonyl (C=O) groups is 3. The number of hydrogen-bond acceptors (Lipinski definition) is 7. The van der Waals surface area contributed by atoms with E-state index in [0.29, 0.717) is 56.3 Å². The first-order valence-electron chi connectivity index (χ1n) is 15.5. The number of aliphatic carboxylic acids is 1. The minimum Gasteiger partial charge on any atom is -0.493 e. The summed E-state index contributed by atoms with van der Waals surface area (Å²) in [4.78, 5) is 45.4. The van der Waals surface area contributed by atoms with Crippen LogP contribution < -0.4 is 19.1 Å². The average Bonchev–Trinajstić information content (AvgIpc) is 3.70. The molecule has 3 aliphatic heterocycles. The number of likely N-dealkylation sites (tertiary alicyclic amines) is 1. The second-order valence-corrected chi connectivity index (χ2v) is 11.7. The van der Waals surface area contributed by atoms with Gasteiger partial charge in [-0.25, -0.2) is 0 Å². The number of carbonyl (C=O) groups excluding carboxylic acids is 2. The highest BCUT2D eigenvalue weighted by Crippen LogP contribution is 2.47. The lowest BCUT2D eigenvalue weighted by Gasteiger charge is -2.31. The van der Waals surface area contributed by atoms with Crippen molar-refractivity contribution in [2.45, 2.75) is 64.3 Å². The first-order chi connectivity index (χ1) is 20.9. The molecule has 0 spiro atoms. The smallest absolute Gasteiger partial charge is 0.308 e. The van der Waals surface area contributed by atoms with Crippen molar-refractivity contribution in [1.82, 2.24) is 9.80 Å². The zero-order chi connectivity index (χ0) is 30.5. The average molecular weight is 594 g/mol. The van der Waals surface area contributed by atoms with E-state index < -0.39 is 23.8 Å². The van der Waals surface area contributed by atoms with Crippen LogP contribution in [0.15, 0.2) is 36.4 Å². The van der Waals surface area contributed by atoms with Crippen LogP contribution >= 0.6 is 0 Å². The van der Waals surface area contributed by atoms with Crippen molar-refractivity contribution >= 4 is 23.5 Å². The predicted octanol–water partition coefficient (Wildman–Crippen LogP) is 4.30. The van der Waals surface area contributed by atoms with Gasteiger partial charge in [0.1, 0.15) is 0 Å². The molecule has 1 N–H and O–H groups in total. The van der Waals surface area contributed by atoms with Crippen molar-refractivity contribution in [3.8, 4) is 17.2 Å². The van der Waals surface area contributed by atoms with E-state index in [0.717, 1.165) is 42.5 Å². The SMILES string of the molecule is CCCCN(CCCC)C(=O)CN1C[C@H](c2cc(OC)c3c(c2)OCO3)C(C(=O)O)[C@@H]1CCN1C(=O)Cc2ccccc21. The second kappa shape index (κ2) is 13.7. The number of fused-ring (bicyclic) bond motifs is 2. The number of benzene rings is 2. The molecular formula is C33H43N3O7. The van der Waals surface area contributed by atoms with E-state index in [1.807, 2.05) is 46.2 Å². The van der Waals surface area contributed by atoms with Gasteiger partial charge in [0.05, 0.1) is 26.0 Å². The Kier molecular flexibility index (Phi) is 9.75. The molecule has 232 valence electrons. The van der Waals surface area contributed by atoms with Gasteiger partial charge in [0.25, 0.3) is 0 Å². The summed E-state index contributed by atoms with van der Waals surface area (Å²) in [5, 5.41) is 10.6. The number of para-hydroxylation sites is 1. The van der Waals surface area contributed by atoms with Crippen LogP contribution in [0.3, 0.4) is 0 Å². The highest BCUT2D eigenvalue weighted by molar-refractivity contribution is 6.01. The van der Waals surface area contributed by atoms with Gasteiger partial charge in [-0.05, 0) is 48.6 Å². The predicted molar refractivity (Wildman–Crippen MR) is 162 cm³/mol. The number of methoxy groups -OCH3 is 1. The first-order valence-corrected chi connectivity index (χ1v) is 15.5. The summed E-state index contributed by atoms with van der Waals surface area (Å²) in [6, 6.07) is 10.9. The molecule has 0 aromatic heterocycles. The van der Waals surface area contributed by atoms with Crippen molar-refractivity contribution < 1.29 is 33.7 Å². The van der Waals surface area contributed by atoms with Crippen molar-refractivity contribution in [1.29, 1.82) is 0 Å². The van der Waals surface area contributed by atoms with Gasteiger partial charge in [0, 0.05) is 43.8 Å². The third kappa shape index (κ3) is 6.44. The highest BCUT2D eigenvalue weighted by atomic mass is 16.7. The van der Waals surface area contributed by atoms with Crippen LogP contribution in [-0.4, -0.2) is 85.4 Å². The minimum absolute atomic E-state index is 0.0102. The Bertz CT molecular complexity index is 1320. The monoisotopic (exact) mass is 593 g/mol. The quantitative estimate of drug-likeness (QED) is 0.346.